The van der Waals surface area contributed by atoms with Gasteiger partial charge in [-0.05, 0) is 28.1 Å². The van der Waals surface area contributed by atoms with Crippen LogP contribution in [-0.2, 0) is 15.7 Å². The van der Waals surface area contributed by atoms with E-state index in [-0.39, 0.29) is 11.6 Å². The molecular weight excluding hydrogens is 256 g/mol. The van der Waals surface area contributed by atoms with E-state index in [1.807, 2.05) is 0 Å². The molecule has 0 aromatic carbocycles. The molecule has 13 heavy (non-hydrogen) atoms. The van der Waals surface area contributed by atoms with Gasteiger partial charge >= 0.3 is 0 Å². The van der Waals surface area contributed by atoms with E-state index in [0.717, 1.165) is 5.69 Å². The lowest BCUT2D eigenvalue weighted by Gasteiger charge is -2.00. The molecule has 0 N–H and O–H groups in total. The molecule has 2 heterocycles. The second-order valence-corrected chi connectivity index (χ2v) is 5.72. The SMILES string of the molecule is O=S1(=O)CC=Cc2cc(Br)nn2C1. The second kappa shape index (κ2) is 2.95. The summed E-state index contributed by atoms with van der Waals surface area (Å²) in [7, 11) is -3.03. The van der Waals surface area contributed by atoms with E-state index in [2.05, 4.69) is 21.0 Å². The largest absolute Gasteiger partial charge is 0.249 e. The summed E-state index contributed by atoms with van der Waals surface area (Å²) in [6.07, 6.45) is 3.41. The normalized spacial score (nSPS) is 19.5. The van der Waals surface area contributed by atoms with Crippen LogP contribution in [0.2, 0.25) is 0 Å². The lowest BCUT2D eigenvalue weighted by molar-refractivity contribution is 0.578. The zero-order chi connectivity index (χ0) is 9.47. The van der Waals surface area contributed by atoms with Crippen molar-refractivity contribution in [2.24, 2.45) is 0 Å². The summed E-state index contributed by atoms with van der Waals surface area (Å²) < 4.78 is 24.8. The predicted molar refractivity (Wildman–Crippen MR) is 52.7 cm³/mol. The smallest absolute Gasteiger partial charge is 0.173 e. The number of hydrogen-bond acceptors (Lipinski definition) is 3. The maximum atomic E-state index is 11.3. The van der Waals surface area contributed by atoms with Crippen LogP contribution in [0.25, 0.3) is 6.08 Å². The van der Waals surface area contributed by atoms with Crippen molar-refractivity contribution in [3.05, 3.63) is 22.4 Å². The number of hydrogen-bond donors (Lipinski definition) is 0. The van der Waals surface area contributed by atoms with Crippen molar-refractivity contribution < 1.29 is 8.42 Å². The monoisotopic (exact) mass is 262 g/mol. The Balaban J connectivity index is 2.54. The van der Waals surface area contributed by atoms with Crippen LogP contribution in [0.3, 0.4) is 0 Å². The van der Waals surface area contributed by atoms with Crippen LogP contribution in [-0.4, -0.2) is 24.0 Å². The third-order valence-electron chi connectivity index (χ3n) is 1.74. The van der Waals surface area contributed by atoms with Gasteiger partial charge in [0.25, 0.3) is 0 Å². The van der Waals surface area contributed by atoms with Gasteiger partial charge in [-0.2, -0.15) is 5.10 Å². The first-order chi connectivity index (χ1) is 6.07. The van der Waals surface area contributed by atoms with Crippen molar-refractivity contribution in [3.63, 3.8) is 0 Å². The molecule has 0 aliphatic carbocycles. The van der Waals surface area contributed by atoms with Crippen molar-refractivity contribution >= 4 is 31.8 Å². The molecule has 0 amide bonds. The van der Waals surface area contributed by atoms with Crippen molar-refractivity contribution in [2.75, 3.05) is 5.75 Å². The Hall–Kier alpha value is -0.620. The Morgan fingerprint density at radius 1 is 1.54 bits per heavy atom. The number of sulfone groups is 1. The highest BCUT2D eigenvalue weighted by Crippen LogP contribution is 2.16. The van der Waals surface area contributed by atoms with Gasteiger partial charge in [0.15, 0.2) is 9.84 Å². The van der Waals surface area contributed by atoms with Gasteiger partial charge in [-0.1, -0.05) is 6.08 Å². The van der Waals surface area contributed by atoms with E-state index >= 15 is 0 Å². The third-order valence-corrected chi connectivity index (χ3v) is 3.46. The predicted octanol–water partition coefficient (Wildman–Crippen LogP) is 1.04. The van der Waals surface area contributed by atoms with Gasteiger partial charge in [-0.3, -0.25) is 0 Å². The van der Waals surface area contributed by atoms with Crippen LogP contribution in [0.4, 0.5) is 0 Å². The molecule has 0 atom stereocenters. The first kappa shape index (κ1) is 8.96. The number of aromatic nitrogens is 2. The van der Waals surface area contributed by atoms with Crippen molar-refractivity contribution in [2.45, 2.75) is 5.88 Å². The van der Waals surface area contributed by atoms with E-state index in [1.54, 1.807) is 18.2 Å². The standard InChI is InChI=1S/C7H7BrN2O2S/c8-7-4-6-2-1-3-13(11,12)5-10(6)9-7/h1-2,4H,3,5H2. The van der Waals surface area contributed by atoms with Gasteiger partial charge in [-0.15, -0.1) is 0 Å². The summed E-state index contributed by atoms with van der Waals surface area (Å²) in [6, 6.07) is 1.79. The van der Waals surface area contributed by atoms with E-state index in [9.17, 15) is 8.42 Å². The highest BCUT2D eigenvalue weighted by atomic mass is 79.9. The van der Waals surface area contributed by atoms with Crippen LogP contribution in [0.1, 0.15) is 5.69 Å². The molecule has 0 saturated carbocycles. The molecule has 1 aliphatic rings. The molecule has 6 heteroatoms. The molecule has 0 spiro atoms. The zero-order valence-corrected chi connectivity index (χ0v) is 9.05. The maximum absolute atomic E-state index is 11.3. The summed E-state index contributed by atoms with van der Waals surface area (Å²) in [5.74, 6) is 0.0505. The summed E-state index contributed by atoms with van der Waals surface area (Å²) in [6.45, 7) is 0. The fourth-order valence-electron chi connectivity index (χ4n) is 1.19. The van der Waals surface area contributed by atoms with E-state index in [4.69, 9.17) is 0 Å². The molecule has 4 nitrogen and oxygen atoms in total. The summed E-state index contributed by atoms with van der Waals surface area (Å²) in [4.78, 5) is 0. The van der Waals surface area contributed by atoms with Crippen LogP contribution in [0.5, 0.6) is 0 Å². The molecule has 0 unspecified atom stereocenters. The number of halogens is 1. The van der Waals surface area contributed by atoms with Gasteiger partial charge < -0.3 is 0 Å². The van der Waals surface area contributed by atoms with Crippen LogP contribution in [0.15, 0.2) is 16.7 Å². The zero-order valence-electron chi connectivity index (χ0n) is 6.64. The minimum atomic E-state index is -3.03. The summed E-state index contributed by atoms with van der Waals surface area (Å²) >= 11 is 3.19. The average Bonchev–Trinajstić information content (AvgIpc) is 2.23. The van der Waals surface area contributed by atoms with E-state index < -0.39 is 9.84 Å². The Kier molecular flexibility index (Phi) is 2.03. The van der Waals surface area contributed by atoms with Gasteiger partial charge in [0.1, 0.15) is 10.5 Å². The highest BCUT2D eigenvalue weighted by molar-refractivity contribution is 9.10. The van der Waals surface area contributed by atoms with Crippen molar-refractivity contribution in [1.29, 1.82) is 0 Å². The molecule has 0 bridgehead atoms. The van der Waals surface area contributed by atoms with Gasteiger partial charge in [0, 0.05) is 0 Å². The molecule has 70 valence electrons. The van der Waals surface area contributed by atoms with Gasteiger partial charge in [0.05, 0.1) is 11.4 Å². The first-order valence-corrected chi connectivity index (χ1v) is 6.29. The fraction of sp³-hybridized carbons (Fsp3) is 0.286. The Bertz CT molecular complexity index is 461. The first-order valence-electron chi connectivity index (χ1n) is 3.67. The quantitative estimate of drug-likeness (QED) is 0.702. The number of rotatable bonds is 0. The number of fused-ring (bicyclic) bond motifs is 1. The lowest BCUT2D eigenvalue weighted by Crippen LogP contribution is -2.13. The molecule has 1 aromatic heterocycles. The van der Waals surface area contributed by atoms with Crippen molar-refractivity contribution in [3.8, 4) is 0 Å². The molecule has 0 fully saturated rings. The summed E-state index contributed by atoms with van der Waals surface area (Å²) in [5, 5.41) is 4.01. The molecule has 1 aliphatic heterocycles. The highest BCUT2D eigenvalue weighted by Gasteiger charge is 2.16. The fourth-order valence-corrected chi connectivity index (χ4v) is 2.69. The molecular formula is C7H7BrN2O2S. The topological polar surface area (TPSA) is 52.0 Å². The van der Waals surface area contributed by atoms with Crippen LogP contribution < -0.4 is 0 Å². The Labute approximate surface area is 84.3 Å². The summed E-state index contributed by atoms with van der Waals surface area (Å²) in [5.41, 5.74) is 0.813. The molecule has 0 radical (unpaired) electrons. The number of nitrogens with zero attached hydrogens (tertiary/aromatic N) is 2. The maximum Gasteiger partial charge on any atom is 0.173 e. The van der Waals surface area contributed by atoms with Crippen molar-refractivity contribution in [1.82, 2.24) is 9.78 Å². The van der Waals surface area contributed by atoms with Gasteiger partial charge in [-0.25, -0.2) is 13.1 Å². The van der Waals surface area contributed by atoms with E-state index in [1.165, 1.54) is 4.68 Å². The third kappa shape index (κ3) is 1.83. The van der Waals surface area contributed by atoms with Gasteiger partial charge in [0.2, 0.25) is 0 Å². The minimum Gasteiger partial charge on any atom is -0.249 e. The lowest BCUT2D eigenvalue weighted by atomic mass is 10.4. The van der Waals surface area contributed by atoms with E-state index in [0.29, 0.717) is 4.60 Å². The minimum absolute atomic E-state index is 0.0407. The molecule has 2 rings (SSSR count). The molecule has 1 aromatic rings. The molecule has 0 saturated heterocycles. The van der Waals surface area contributed by atoms with Crippen LogP contribution >= 0.6 is 15.9 Å². The Morgan fingerprint density at radius 3 is 3.08 bits per heavy atom. The average molecular weight is 263 g/mol. The Morgan fingerprint density at radius 2 is 2.31 bits per heavy atom. The second-order valence-electron chi connectivity index (χ2n) is 2.83. The van der Waals surface area contributed by atoms with Crippen LogP contribution in [0, 0.1) is 0 Å².